The van der Waals surface area contributed by atoms with Crippen LogP contribution in [0.15, 0.2) is 48.8 Å². The van der Waals surface area contributed by atoms with Gasteiger partial charge < -0.3 is 15.0 Å². The Kier molecular flexibility index (Phi) is 5.81. The summed E-state index contributed by atoms with van der Waals surface area (Å²) in [6.07, 6.45) is 6.72. The Morgan fingerprint density at radius 3 is 2.58 bits per heavy atom. The number of benzene rings is 1. The van der Waals surface area contributed by atoms with E-state index in [9.17, 15) is 9.59 Å². The summed E-state index contributed by atoms with van der Waals surface area (Å²) in [5, 5.41) is 7.78. The van der Waals surface area contributed by atoms with Crippen molar-refractivity contribution in [2.24, 2.45) is 0 Å². The number of hydrogen-bond donors (Lipinski definition) is 1. The molecule has 0 unspecified atom stereocenters. The molecular formula is C25H27N5O3. The Labute approximate surface area is 192 Å². The number of nitrogens with zero attached hydrogens (tertiary/aromatic N) is 4. The number of ether oxygens (including phenoxy) is 1. The number of aryl methyl sites for hydroxylation is 2. The lowest BCUT2D eigenvalue weighted by molar-refractivity contribution is 0.0730. The number of fused-ring (bicyclic) bond motifs is 1. The molecule has 0 radical (unpaired) electrons. The van der Waals surface area contributed by atoms with Crippen LogP contribution in [-0.4, -0.2) is 51.2 Å². The lowest BCUT2D eigenvalue weighted by atomic mass is 10.0. The van der Waals surface area contributed by atoms with Crippen molar-refractivity contribution >= 4 is 11.8 Å². The summed E-state index contributed by atoms with van der Waals surface area (Å²) in [5.74, 6) is 0.631. The highest BCUT2D eigenvalue weighted by atomic mass is 16.5. The van der Waals surface area contributed by atoms with Gasteiger partial charge in [-0.2, -0.15) is 5.10 Å². The fraction of sp³-hybridized carbons (Fsp3) is 0.360. The average molecular weight is 446 g/mol. The monoisotopic (exact) mass is 445 g/mol. The molecule has 2 aromatic heterocycles. The second kappa shape index (κ2) is 9.05. The van der Waals surface area contributed by atoms with Gasteiger partial charge in [-0.15, -0.1) is 0 Å². The molecule has 1 aromatic carbocycles. The molecule has 0 saturated heterocycles. The summed E-state index contributed by atoms with van der Waals surface area (Å²) < 4.78 is 7.19. The molecule has 8 nitrogen and oxygen atoms in total. The molecule has 1 fully saturated rings. The molecule has 1 N–H and O–H groups in total. The zero-order valence-electron chi connectivity index (χ0n) is 18.7. The van der Waals surface area contributed by atoms with E-state index in [0.717, 1.165) is 36.3 Å². The number of pyridine rings is 1. The predicted molar refractivity (Wildman–Crippen MR) is 122 cm³/mol. The number of amides is 2. The minimum absolute atomic E-state index is 0.0532. The van der Waals surface area contributed by atoms with Gasteiger partial charge in [0, 0.05) is 54.8 Å². The second-order valence-electron chi connectivity index (χ2n) is 8.56. The molecule has 0 atom stereocenters. The largest absolute Gasteiger partial charge is 0.497 e. The minimum Gasteiger partial charge on any atom is -0.497 e. The third-order valence-corrected chi connectivity index (χ3v) is 6.25. The van der Waals surface area contributed by atoms with Gasteiger partial charge in [-0.05, 0) is 49.1 Å². The Hall–Kier alpha value is -3.68. The molecule has 3 aromatic rings. The van der Waals surface area contributed by atoms with Crippen LogP contribution in [0.2, 0.25) is 0 Å². The number of methoxy groups -OCH3 is 1. The van der Waals surface area contributed by atoms with Crippen molar-refractivity contribution in [3.63, 3.8) is 0 Å². The first kappa shape index (κ1) is 21.2. The predicted octanol–water partition coefficient (Wildman–Crippen LogP) is 2.62. The number of carbonyl (C=O) groups excluding carboxylic acids is 2. The Morgan fingerprint density at radius 1 is 1.12 bits per heavy atom. The van der Waals surface area contributed by atoms with E-state index in [-0.39, 0.29) is 17.9 Å². The molecule has 0 spiro atoms. The second-order valence-corrected chi connectivity index (χ2v) is 8.56. The van der Waals surface area contributed by atoms with E-state index in [4.69, 9.17) is 9.84 Å². The Morgan fingerprint density at radius 2 is 1.88 bits per heavy atom. The lowest BCUT2D eigenvalue weighted by Gasteiger charge is -2.28. The van der Waals surface area contributed by atoms with Crippen molar-refractivity contribution in [2.75, 3.05) is 13.7 Å². The van der Waals surface area contributed by atoms with Crippen LogP contribution in [0.4, 0.5) is 0 Å². The van der Waals surface area contributed by atoms with Gasteiger partial charge in [-0.1, -0.05) is 12.1 Å². The van der Waals surface area contributed by atoms with E-state index in [2.05, 4.69) is 10.3 Å². The molecule has 33 heavy (non-hydrogen) atoms. The number of rotatable bonds is 7. The molecule has 170 valence electrons. The van der Waals surface area contributed by atoms with Crippen molar-refractivity contribution in [2.45, 2.75) is 44.8 Å². The van der Waals surface area contributed by atoms with Crippen LogP contribution in [-0.2, 0) is 25.9 Å². The normalized spacial score (nSPS) is 15.1. The van der Waals surface area contributed by atoms with Crippen LogP contribution in [0.3, 0.4) is 0 Å². The molecule has 2 aliphatic rings. The summed E-state index contributed by atoms with van der Waals surface area (Å²) in [7, 11) is 1.65. The summed E-state index contributed by atoms with van der Waals surface area (Å²) in [5.41, 5.74) is 4.12. The zero-order chi connectivity index (χ0) is 22.8. The highest BCUT2D eigenvalue weighted by Crippen LogP contribution is 2.26. The van der Waals surface area contributed by atoms with Crippen molar-refractivity contribution in [3.8, 4) is 5.75 Å². The van der Waals surface area contributed by atoms with E-state index in [1.54, 1.807) is 36.5 Å². The standard InChI is InChI=1S/C25H27N5O3/c1-33-20-6-2-17(3-7-20)10-15-30-22-11-14-29(25(32)18-8-12-26-13-9-18)16-21(22)23(28-30)24(31)27-19-4-5-19/h2-3,6-9,12-13,19H,4-5,10-11,14-16H2,1H3,(H,27,31). The quantitative estimate of drug-likeness (QED) is 0.604. The van der Waals surface area contributed by atoms with Crippen molar-refractivity contribution < 1.29 is 14.3 Å². The van der Waals surface area contributed by atoms with Gasteiger partial charge >= 0.3 is 0 Å². The number of aromatic nitrogens is 3. The number of nitrogens with one attached hydrogen (secondary N) is 1. The van der Waals surface area contributed by atoms with E-state index < -0.39 is 0 Å². The number of carbonyl (C=O) groups is 2. The minimum atomic E-state index is -0.143. The molecule has 0 bridgehead atoms. The summed E-state index contributed by atoms with van der Waals surface area (Å²) >= 11 is 0. The van der Waals surface area contributed by atoms with Crippen molar-refractivity contribution in [3.05, 3.63) is 76.9 Å². The fourth-order valence-corrected chi connectivity index (χ4v) is 4.22. The third kappa shape index (κ3) is 4.60. The van der Waals surface area contributed by atoms with Crippen LogP contribution in [0, 0.1) is 0 Å². The summed E-state index contributed by atoms with van der Waals surface area (Å²) in [4.78, 5) is 31.8. The fourth-order valence-electron chi connectivity index (χ4n) is 4.22. The van der Waals surface area contributed by atoms with Gasteiger partial charge in [0.25, 0.3) is 11.8 Å². The number of hydrogen-bond acceptors (Lipinski definition) is 5. The van der Waals surface area contributed by atoms with Crippen LogP contribution < -0.4 is 10.1 Å². The Bertz CT molecular complexity index is 1150. The van der Waals surface area contributed by atoms with Crippen molar-refractivity contribution in [1.29, 1.82) is 0 Å². The van der Waals surface area contributed by atoms with Gasteiger partial charge in [0.2, 0.25) is 0 Å². The maximum absolute atomic E-state index is 13.0. The maximum atomic E-state index is 13.0. The maximum Gasteiger partial charge on any atom is 0.272 e. The molecular weight excluding hydrogens is 418 g/mol. The van der Waals surface area contributed by atoms with Crippen LogP contribution >= 0.6 is 0 Å². The van der Waals surface area contributed by atoms with Gasteiger partial charge in [0.1, 0.15) is 5.75 Å². The van der Waals surface area contributed by atoms with E-state index >= 15 is 0 Å². The highest BCUT2D eigenvalue weighted by Gasteiger charge is 2.32. The zero-order valence-corrected chi connectivity index (χ0v) is 18.7. The van der Waals surface area contributed by atoms with Gasteiger partial charge in [-0.25, -0.2) is 0 Å². The Balaban J connectivity index is 1.38. The summed E-state index contributed by atoms with van der Waals surface area (Å²) in [6.45, 7) is 1.64. The molecule has 1 aliphatic heterocycles. The summed E-state index contributed by atoms with van der Waals surface area (Å²) in [6, 6.07) is 11.7. The van der Waals surface area contributed by atoms with Gasteiger partial charge in [0.15, 0.2) is 5.69 Å². The van der Waals surface area contributed by atoms with E-state index in [1.807, 2.05) is 28.9 Å². The van der Waals surface area contributed by atoms with Crippen LogP contribution in [0.25, 0.3) is 0 Å². The molecule has 3 heterocycles. The molecule has 1 aliphatic carbocycles. The molecule has 5 rings (SSSR count). The smallest absolute Gasteiger partial charge is 0.272 e. The first-order valence-electron chi connectivity index (χ1n) is 11.3. The third-order valence-electron chi connectivity index (χ3n) is 6.25. The van der Waals surface area contributed by atoms with E-state index in [1.165, 1.54) is 5.56 Å². The molecule has 1 saturated carbocycles. The van der Waals surface area contributed by atoms with Crippen molar-refractivity contribution in [1.82, 2.24) is 25.0 Å². The van der Waals surface area contributed by atoms with Gasteiger partial charge in [0.05, 0.1) is 13.7 Å². The molecule has 8 heteroatoms. The highest BCUT2D eigenvalue weighted by molar-refractivity contribution is 5.96. The first-order valence-corrected chi connectivity index (χ1v) is 11.3. The van der Waals surface area contributed by atoms with Gasteiger partial charge in [-0.3, -0.25) is 19.3 Å². The van der Waals surface area contributed by atoms with E-state index in [0.29, 0.717) is 37.3 Å². The van der Waals surface area contributed by atoms with Crippen LogP contribution in [0.5, 0.6) is 5.75 Å². The first-order chi connectivity index (χ1) is 16.1. The van der Waals surface area contributed by atoms with Crippen LogP contribution in [0.1, 0.15) is 50.5 Å². The SMILES string of the molecule is COc1ccc(CCn2nc(C(=O)NC3CC3)c3c2CCN(C(=O)c2ccncc2)C3)cc1. The molecule has 2 amide bonds. The average Bonchev–Trinajstić information content (AvgIpc) is 3.60. The lowest BCUT2D eigenvalue weighted by Crippen LogP contribution is -2.37. The topological polar surface area (TPSA) is 89.4 Å².